The van der Waals surface area contributed by atoms with Crippen molar-refractivity contribution in [2.24, 2.45) is 0 Å². The van der Waals surface area contributed by atoms with Gasteiger partial charge in [0, 0.05) is 0 Å². The minimum Gasteiger partial charge on any atom is -0.344 e. The summed E-state index contributed by atoms with van der Waals surface area (Å²) in [7, 11) is -4.26. The predicted octanol–water partition coefficient (Wildman–Crippen LogP) is -2.75. The standard InChI is InChI=1S/C3H5ClO4.H3N/c1-2-3-8-4(5,6)7;/h2H,1,3H2;1H3. The molecule has 0 aromatic carbocycles. The van der Waals surface area contributed by atoms with Gasteiger partial charge in [-0.2, -0.15) is 14.0 Å². The van der Waals surface area contributed by atoms with Crippen molar-refractivity contribution >= 4 is 0 Å². The van der Waals surface area contributed by atoms with Crippen LogP contribution in [0.1, 0.15) is 0 Å². The lowest BCUT2D eigenvalue weighted by Gasteiger charge is -2.10. The van der Waals surface area contributed by atoms with Crippen molar-refractivity contribution in [1.82, 2.24) is 6.15 Å². The SMILES string of the molecule is C=CCO[Cl+3]([O-])([O-])[O-].N. The van der Waals surface area contributed by atoms with E-state index in [9.17, 15) is 14.0 Å². The molecule has 3 N–H and O–H groups in total. The Morgan fingerprint density at radius 3 is 2.00 bits per heavy atom. The largest absolute Gasteiger partial charge is 0.344 e. The van der Waals surface area contributed by atoms with Crippen molar-refractivity contribution < 1.29 is 28.5 Å². The van der Waals surface area contributed by atoms with E-state index in [0.29, 0.717) is 0 Å². The quantitative estimate of drug-likeness (QED) is 0.446. The molecule has 0 amide bonds. The van der Waals surface area contributed by atoms with Crippen LogP contribution in [0.15, 0.2) is 12.7 Å². The average Bonchev–Trinajstić information content (AvgIpc) is 1.59. The van der Waals surface area contributed by atoms with E-state index in [1.807, 2.05) is 0 Å². The number of hydrogen-bond acceptors (Lipinski definition) is 5. The van der Waals surface area contributed by atoms with Gasteiger partial charge in [-0.25, -0.2) is 0 Å². The summed E-state index contributed by atoms with van der Waals surface area (Å²) in [5, 5.41) is 0. The number of halogens is 1. The molecule has 0 radical (unpaired) electrons. The highest BCUT2D eigenvalue weighted by molar-refractivity contribution is 4.61. The molecule has 0 aliphatic rings. The summed E-state index contributed by atoms with van der Waals surface area (Å²) in [5.41, 5.74) is 0. The van der Waals surface area contributed by atoms with Crippen LogP contribution in [0.25, 0.3) is 0 Å². The molecule has 0 unspecified atom stereocenters. The summed E-state index contributed by atoms with van der Waals surface area (Å²) in [5.74, 6) is 0. The van der Waals surface area contributed by atoms with E-state index >= 15 is 0 Å². The van der Waals surface area contributed by atoms with Gasteiger partial charge >= 0.3 is 0 Å². The number of hydrogen-bond donors (Lipinski definition) is 1. The van der Waals surface area contributed by atoms with Gasteiger partial charge in [0.15, 0.2) is 0 Å². The Balaban J connectivity index is 0. The first-order valence-corrected chi connectivity index (χ1v) is 2.96. The van der Waals surface area contributed by atoms with Gasteiger partial charge in [0.05, 0.1) is 14.5 Å². The summed E-state index contributed by atoms with van der Waals surface area (Å²) < 4.78 is 32.3. The van der Waals surface area contributed by atoms with E-state index in [1.54, 1.807) is 0 Å². The average molecular weight is 158 g/mol. The topological polar surface area (TPSA) is 113 Å². The maximum Gasteiger partial charge on any atom is 0.221 e. The Bertz CT molecular complexity index is 80.4. The van der Waals surface area contributed by atoms with Gasteiger partial charge in [-0.05, 0) is 6.08 Å². The maximum atomic E-state index is 9.54. The van der Waals surface area contributed by atoms with Crippen LogP contribution in [0.2, 0.25) is 0 Å². The van der Waals surface area contributed by atoms with Crippen LogP contribution in [-0.2, 0) is 4.29 Å². The molecule has 0 saturated heterocycles. The van der Waals surface area contributed by atoms with Gasteiger partial charge in [0.2, 0.25) is 6.61 Å². The van der Waals surface area contributed by atoms with E-state index in [0.717, 1.165) is 0 Å². The van der Waals surface area contributed by atoms with Crippen molar-refractivity contribution in [3.05, 3.63) is 12.7 Å². The summed E-state index contributed by atoms with van der Waals surface area (Å²) in [6.07, 6.45) is 1.17. The molecule has 0 bridgehead atoms. The molecule has 56 valence electrons. The second kappa shape index (κ2) is 4.68. The molecule has 0 aliphatic carbocycles. The third kappa shape index (κ3) is 11.4. The first-order valence-electron chi connectivity index (χ1n) is 1.72. The molecule has 0 rings (SSSR count). The summed E-state index contributed by atoms with van der Waals surface area (Å²) >= 11 is 0. The third-order valence-corrected chi connectivity index (χ3v) is 0.708. The Kier molecular flexibility index (Phi) is 6.04. The Hall–Kier alpha value is -0.170. The van der Waals surface area contributed by atoms with Gasteiger partial charge in [-0.15, -0.1) is 6.58 Å². The zero-order chi connectivity index (χ0) is 6.62. The first kappa shape index (κ1) is 11.6. The monoisotopic (exact) mass is 157 g/mol. The van der Waals surface area contributed by atoms with Crippen molar-refractivity contribution in [1.29, 1.82) is 0 Å². The molecule has 0 fully saturated rings. The zero-order valence-corrected chi connectivity index (χ0v) is 5.47. The van der Waals surface area contributed by atoms with E-state index in [2.05, 4.69) is 10.9 Å². The Morgan fingerprint density at radius 1 is 1.44 bits per heavy atom. The molecule has 5 nitrogen and oxygen atoms in total. The molecule has 0 saturated carbocycles. The lowest BCUT2D eigenvalue weighted by molar-refractivity contribution is -1.92. The highest BCUT2D eigenvalue weighted by atomic mass is 35.7. The molecule has 0 aromatic rings. The fourth-order valence-corrected chi connectivity index (χ4v) is 0.365. The van der Waals surface area contributed by atoms with Crippen molar-refractivity contribution in [2.45, 2.75) is 0 Å². The predicted molar refractivity (Wildman–Crippen MR) is 21.2 cm³/mol. The molecule has 0 atom stereocenters. The van der Waals surface area contributed by atoms with Gasteiger partial charge < -0.3 is 6.15 Å². The lowest BCUT2D eigenvalue weighted by atomic mass is 10.7. The summed E-state index contributed by atoms with van der Waals surface area (Å²) in [4.78, 5) is 0. The highest BCUT2D eigenvalue weighted by Crippen LogP contribution is 1.85. The van der Waals surface area contributed by atoms with Crippen LogP contribution in [-0.4, -0.2) is 6.61 Å². The molecule has 0 aromatic heterocycles. The molecular weight excluding hydrogens is 149 g/mol. The zero-order valence-electron chi connectivity index (χ0n) is 4.71. The van der Waals surface area contributed by atoms with Crippen LogP contribution < -0.4 is 20.1 Å². The minimum atomic E-state index is -4.26. The molecule has 6 heteroatoms. The Morgan fingerprint density at radius 2 is 1.89 bits per heavy atom. The lowest BCUT2D eigenvalue weighted by Crippen LogP contribution is -2.60. The maximum absolute atomic E-state index is 9.54. The first-order chi connectivity index (χ1) is 3.56. The van der Waals surface area contributed by atoms with Crippen LogP contribution >= 0.6 is 0 Å². The van der Waals surface area contributed by atoms with Crippen LogP contribution in [0.5, 0.6) is 0 Å². The van der Waals surface area contributed by atoms with Gasteiger partial charge in [-0.1, -0.05) is 0 Å². The van der Waals surface area contributed by atoms with E-state index in [-0.39, 0.29) is 12.8 Å². The van der Waals surface area contributed by atoms with Crippen LogP contribution in [0.4, 0.5) is 0 Å². The second-order valence-corrected chi connectivity index (χ2v) is 1.92. The van der Waals surface area contributed by atoms with Crippen molar-refractivity contribution in [3.8, 4) is 0 Å². The fourth-order valence-electron chi connectivity index (χ4n) is 0.122. The van der Waals surface area contributed by atoms with E-state index in [4.69, 9.17) is 0 Å². The summed E-state index contributed by atoms with van der Waals surface area (Å²) in [6, 6.07) is 0. The van der Waals surface area contributed by atoms with Crippen molar-refractivity contribution in [2.75, 3.05) is 6.61 Å². The summed E-state index contributed by atoms with van der Waals surface area (Å²) in [6.45, 7) is 2.86. The van der Waals surface area contributed by atoms with Gasteiger partial charge in [0.1, 0.15) is 0 Å². The molecule has 0 heterocycles. The molecule has 9 heavy (non-hydrogen) atoms. The van der Waals surface area contributed by atoms with Crippen molar-refractivity contribution in [3.63, 3.8) is 0 Å². The van der Waals surface area contributed by atoms with Crippen LogP contribution in [0, 0.1) is 10.2 Å². The van der Waals surface area contributed by atoms with E-state index in [1.165, 1.54) is 6.08 Å². The minimum absolute atomic E-state index is 0. The second-order valence-electron chi connectivity index (χ2n) is 0.942. The van der Waals surface area contributed by atoms with Crippen LogP contribution in [0.3, 0.4) is 0 Å². The molecule has 0 spiro atoms. The smallest absolute Gasteiger partial charge is 0.221 e. The normalized spacial score (nSPS) is 10.1. The molecule has 0 aliphatic heterocycles. The van der Waals surface area contributed by atoms with Gasteiger partial charge in [-0.3, -0.25) is 0 Å². The third-order valence-electron chi connectivity index (χ3n) is 0.314. The number of rotatable bonds is 3. The van der Waals surface area contributed by atoms with Gasteiger partial charge in [0.25, 0.3) is 0 Å². The fraction of sp³-hybridized carbons (Fsp3) is 0.333. The van der Waals surface area contributed by atoms with E-state index < -0.39 is 10.2 Å². The molecular formula is C3H8ClNO4. The Labute approximate surface area is 54.9 Å². The highest BCUT2D eigenvalue weighted by Gasteiger charge is 2.13.